The van der Waals surface area contributed by atoms with Gasteiger partial charge in [-0.3, -0.25) is 0 Å². The van der Waals surface area contributed by atoms with Gasteiger partial charge in [0.1, 0.15) is 5.76 Å². The third-order valence-electron chi connectivity index (χ3n) is 2.65. The van der Waals surface area contributed by atoms with Gasteiger partial charge in [0.05, 0.1) is 10.7 Å². The lowest BCUT2D eigenvalue weighted by Gasteiger charge is -1.99. The summed E-state index contributed by atoms with van der Waals surface area (Å²) in [6.45, 7) is 0. The van der Waals surface area contributed by atoms with E-state index in [9.17, 15) is 0 Å². The second-order valence-corrected chi connectivity index (χ2v) is 6.01. The number of halogens is 2. The van der Waals surface area contributed by atoms with Gasteiger partial charge >= 0.3 is 0 Å². The van der Waals surface area contributed by atoms with E-state index in [4.69, 9.17) is 16.6 Å². The Hall–Kier alpha value is -1.51. The van der Waals surface area contributed by atoms with Gasteiger partial charge < -0.3 is 4.42 Å². The number of rotatable bonds is 3. The molecule has 0 aliphatic rings. The Balaban J connectivity index is 2.00. The highest BCUT2D eigenvalue weighted by Gasteiger charge is 2.08. The highest BCUT2D eigenvalue weighted by Crippen LogP contribution is 2.26. The van der Waals surface area contributed by atoms with Crippen LogP contribution in [0.2, 0.25) is 0 Å². The molecule has 5 nitrogen and oxygen atoms in total. The molecule has 8 heteroatoms. The zero-order chi connectivity index (χ0) is 14.8. The summed E-state index contributed by atoms with van der Waals surface area (Å²) in [5.74, 6) is 1.23. The molecule has 21 heavy (non-hydrogen) atoms. The summed E-state index contributed by atoms with van der Waals surface area (Å²) in [6.07, 6.45) is 1.58. The van der Waals surface area contributed by atoms with Crippen LogP contribution in [0.4, 0.5) is 0 Å². The second kappa shape index (κ2) is 6.08. The number of benzene rings is 1. The molecule has 2 aromatic heterocycles. The fourth-order valence-corrected chi connectivity index (χ4v) is 2.50. The first-order valence-corrected chi connectivity index (χ1v) is 7.86. The van der Waals surface area contributed by atoms with Gasteiger partial charge in [-0.25, -0.2) is 5.10 Å². The second-order valence-electron chi connectivity index (χ2n) is 4.05. The molecule has 0 amide bonds. The van der Waals surface area contributed by atoms with Crippen molar-refractivity contribution >= 4 is 50.3 Å². The van der Waals surface area contributed by atoms with Crippen LogP contribution in [0.5, 0.6) is 0 Å². The quantitative estimate of drug-likeness (QED) is 0.490. The van der Waals surface area contributed by atoms with E-state index in [1.165, 1.54) is 0 Å². The number of nitrogens with one attached hydrogen (secondary N) is 1. The van der Waals surface area contributed by atoms with E-state index in [0.717, 1.165) is 10.0 Å². The van der Waals surface area contributed by atoms with Gasteiger partial charge in [-0.2, -0.15) is 14.9 Å². The van der Waals surface area contributed by atoms with E-state index in [2.05, 4.69) is 47.2 Å². The first-order valence-electron chi connectivity index (χ1n) is 5.87. The number of hydrogen-bond donors (Lipinski definition) is 1. The average Bonchev–Trinajstić information content (AvgIpc) is 3.01. The molecule has 0 unspecified atom stereocenters. The number of furan rings is 1. The first-order chi connectivity index (χ1) is 10.1. The van der Waals surface area contributed by atoms with E-state index in [1.807, 2.05) is 30.3 Å². The minimum Gasteiger partial charge on any atom is -0.447 e. The van der Waals surface area contributed by atoms with E-state index < -0.39 is 0 Å². The number of H-pyrrole nitrogens is 1. The molecule has 0 spiro atoms. The van der Waals surface area contributed by atoms with Crippen molar-refractivity contribution < 1.29 is 4.42 Å². The normalized spacial score (nSPS) is 11.3. The number of hydrogen-bond acceptors (Lipinski definition) is 4. The third-order valence-corrected chi connectivity index (χ3v) is 4.62. The molecule has 0 fully saturated rings. The summed E-state index contributed by atoms with van der Waals surface area (Å²) in [7, 11) is 0. The molecular weight excluding hydrogens is 420 g/mol. The van der Waals surface area contributed by atoms with Gasteiger partial charge in [0.15, 0.2) is 10.5 Å². The highest BCUT2D eigenvalue weighted by molar-refractivity contribution is 9.13. The summed E-state index contributed by atoms with van der Waals surface area (Å²) in [6, 6.07) is 11.5. The van der Waals surface area contributed by atoms with E-state index in [1.54, 1.807) is 17.0 Å². The summed E-state index contributed by atoms with van der Waals surface area (Å²) in [5, 5.41) is 11.3. The van der Waals surface area contributed by atoms with Crippen molar-refractivity contribution in [3.63, 3.8) is 0 Å². The maximum Gasteiger partial charge on any atom is 0.216 e. The van der Waals surface area contributed by atoms with E-state index >= 15 is 0 Å². The molecule has 0 aliphatic carbocycles. The largest absolute Gasteiger partial charge is 0.447 e. The number of aromatic amines is 1. The van der Waals surface area contributed by atoms with Crippen molar-refractivity contribution in [2.45, 2.75) is 0 Å². The predicted molar refractivity (Wildman–Crippen MR) is 89.9 cm³/mol. The summed E-state index contributed by atoms with van der Waals surface area (Å²) >= 11 is 11.8. The molecular formula is C13H8Br2N4OS. The molecule has 0 saturated carbocycles. The van der Waals surface area contributed by atoms with Crippen LogP contribution < -0.4 is 0 Å². The van der Waals surface area contributed by atoms with Crippen molar-refractivity contribution in [2.24, 2.45) is 5.10 Å². The lowest BCUT2D eigenvalue weighted by molar-refractivity contribution is 0.532. The van der Waals surface area contributed by atoms with E-state index in [0.29, 0.717) is 21.0 Å². The molecule has 106 valence electrons. The van der Waals surface area contributed by atoms with Crippen LogP contribution in [0.1, 0.15) is 5.76 Å². The van der Waals surface area contributed by atoms with Gasteiger partial charge in [0, 0.05) is 11.6 Å². The summed E-state index contributed by atoms with van der Waals surface area (Å²) < 4.78 is 8.84. The molecule has 0 bridgehead atoms. The van der Waals surface area contributed by atoms with Crippen molar-refractivity contribution in [3.05, 3.63) is 56.1 Å². The van der Waals surface area contributed by atoms with Crippen LogP contribution in [-0.2, 0) is 0 Å². The predicted octanol–water partition coefficient (Wildman–Crippen LogP) is 4.61. The minimum absolute atomic E-state index is 0.412. The zero-order valence-corrected chi connectivity index (χ0v) is 14.4. The van der Waals surface area contributed by atoms with Crippen molar-refractivity contribution in [1.29, 1.82) is 0 Å². The van der Waals surface area contributed by atoms with Crippen LogP contribution in [0.25, 0.3) is 11.4 Å². The summed E-state index contributed by atoms with van der Waals surface area (Å²) in [4.78, 5) is 0. The Kier molecular flexibility index (Phi) is 4.18. The fourth-order valence-electron chi connectivity index (χ4n) is 1.71. The number of nitrogens with zero attached hydrogens (tertiary/aromatic N) is 3. The Morgan fingerprint density at radius 2 is 2.05 bits per heavy atom. The van der Waals surface area contributed by atoms with E-state index in [-0.39, 0.29) is 0 Å². The Morgan fingerprint density at radius 3 is 2.71 bits per heavy atom. The van der Waals surface area contributed by atoms with Gasteiger partial charge in [0.2, 0.25) is 4.77 Å². The highest BCUT2D eigenvalue weighted by atomic mass is 79.9. The van der Waals surface area contributed by atoms with Crippen molar-refractivity contribution in [1.82, 2.24) is 14.9 Å². The average molecular weight is 428 g/mol. The Bertz CT molecular complexity index is 831. The fraction of sp³-hybridized carbons (Fsp3) is 0. The molecule has 3 aromatic rings. The van der Waals surface area contributed by atoms with Crippen molar-refractivity contribution in [3.8, 4) is 11.4 Å². The summed E-state index contributed by atoms with van der Waals surface area (Å²) in [5.41, 5.74) is 0.920. The smallest absolute Gasteiger partial charge is 0.216 e. The lowest BCUT2D eigenvalue weighted by atomic mass is 10.2. The van der Waals surface area contributed by atoms with Gasteiger partial charge in [-0.1, -0.05) is 30.3 Å². The molecule has 0 saturated heterocycles. The standard InChI is InChI=1S/C13H8Br2N4OS/c14-10-6-9(20-11(10)15)7-16-19-12(17-18-13(19)21)8-4-2-1-3-5-8/h1-7H,(H,18,21). The van der Waals surface area contributed by atoms with Gasteiger partial charge in [0.25, 0.3) is 0 Å². The molecule has 3 rings (SSSR count). The molecule has 2 heterocycles. The SMILES string of the molecule is S=c1[nH]nc(-c2ccccc2)n1N=Cc1cc(Br)c(Br)o1. The molecule has 0 aliphatic heterocycles. The van der Waals surface area contributed by atoms with Crippen LogP contribution in [0.15, 0.2) is 55.1 Å². The van der Waals surface area contributed by atoms with Crippen molar-refractivity contribution in [2.75, 3.05) is 0 Å². The minimum atomic E-state index is 0.412. The zero-order valence-electron chi connectivity index (χ0n) is 10.5. The van der Waals surface area contributed by atoms with Crippen LogP contribution in [0, 0.1) is 4.77 Å². The molecule has 1 N–H and O–H groups in total. The maximum absolute atomic E-state index is 5.44. The van der Waals surface area contributed by atoms with Crippen LogP contribution >= 0.6 is 44.1 Å². The number of aromatic nitrogens is 3. The van der Waals surface area contributed by atoms with Crippen LogP contribution in [0.3, 0.4) is 0 Å². The maximum atomic E-state index is 5.44. The lowest BCUT2D eigenvalue weighted by Crippen LogP contribution is -1.94. The molecule has 0 atom stereocenters. The van der Waals surface area contributed by atoms with Crippen LogP contribution in [-0.4, -0.2) is 21.1 Å². The Morgan fingerprint density at radius 1 is 1.29 bits per heavy atom. The first kappa shape index (κ1) is 14.4. The topological polar surface area (TPSA) is 59.1 Å². The molecule has 0 radical (unpaired) electrons. The van der Waals surface area contributed by atoms with Gasteiger partial charge in [-0.05, 0) is 44.1 Å². The Labute approximate surface area is 141 Å². The van der Waals surface area contributed by atoms with Gasteiger partial charge in [-0.15, -0.1) is 0 Å². The third kappa shape index (κ3) is 3.07. The molecule has 1 aromatic carbocycles. The monoisotopic (exact) mass is 426 g/mol.